The summed E-state index contributed by atoms with van der Waals surface area (Å²) >= 11 is 0. The molecule has 0 aromatic rings. The molecule has 0 bridgehead atoms. The summed E-state index contributed by atoms with van der Waals surface area (Å²) < 4.78 is 0. The number of nitrogens with zero attached hydrogens (tertiary/aromatic N) is 1. The van der Waals surface area contributed by atoms with Crippen LogP contribution in [0.4, 0.5) is 4.79 Å². The molecule has 0 radical (unpaired) electrons. The van der Waals surface area contributed by atoms with Gasteiger partial charge in [0.25, 0.3) is 5.91 Å². The molecule has 0 aromatic carbocycles. The van der Waals surface area contributed by atoms with Crippen LogP contribution in [0.2, 0.25) is 0 Å². The zero-order valence-electron chi connectivity index (χ0n) is 15.8. The van der Waals surface area contributed by atoms with E-state index in [1.165, 1.54) is 4.90 Å². The molecule has 4 N–H and O–H groups in total. The van der Waals surface area contributed by atoms with Gasteiger partial charge in [-0.25, -0.2) is 4.79 Å². The van der Waals surface area contributed by atoms with Gasteiger partial charge in [-0.15, -0.1) is 0 Å². The molecule has 148 valence electrons. The van der Waals surface area contributed by atoms with Gasteiger partial charge in [0, 0.05) is 44.4 Å². The van der Waals surface area contributed by atoms with Crippen molar-refractivity contribution in [3.63, 3.8) is 0 Å². The van der Waals surface area contributed by atoms with E-state index < -0.39 is 5.97 Å². The van der Waals surface area contributed by atoms with E-state index in [2.05, 4.69) is 5.32 Å². The van der Waals surface area contributed by atoms with Gasteiger partial charge < -0.3 is 30.8 Å². The number of aliphatic carboxylic acids is 1. The second-order valence-electron chi connectivity index (χ2n) is 7.98. The fourth-order valence-corrected chi connectivity index (χ4v) is 4.34. The van der Waals surface area contributed by atoms with Gasteiger partial charge >= 0.3 is 6.03 Å². The van der Waals surface area contributed by atoms with Crippen molar-refractivity contribution < 1.29 is 24.4 Å². The fraction of sp³-hybridized carbons (Fsp3) is 0.833. The Labute approximate surface area is 155 Å². The van der Waals surface area contributed by atoms with E-state index in [0.29, 0.717) is 19.5 Å². The summed E-state index contributed by atoms with van der Waals surface area (Å²) in [4.78, 5) is 37.9. The van der Waals surface area contributed by atoms with Gasteiger partial charge in [-0.05, 0) is 38.5 Å². The summed E-state index contributed by atoms with van der Waals surface area (Å²) in [5.74, 6) is -1.19. The highest BCUT2D eigenvalue weighted by Gasteiger charge is 2.36. The molecule has 0 aliphatic carbocycles. The molecule has 2 aliphatic heterocycles. The number of quaternary nitrogens is 1. The van der Waals surface area contributed by atoms with Gasteiger partial charge in [-0.1, -0.05) is 0 Å². The maximum atomic E-state index is 12.3. The van der Waals surface area contributed by atoms with Crippen molar-refractivity contribution in [1.29, 1.82) is 0 Å². The molecule has 8 nitrogen and oxygen atoms in total. The molecule has 2 saturated heterocycles. The van der Waals surface area contributed by atoms with Gasteiger partial charge in [0.15, 0.2) is 6.04 Å². The van der Waals surface area contributed by atoms with Crippen LogP contribution in [0.5, 0.6) is 0 Å². The largest absolute Gasteiger partial charge is 0.550 e. The predicted molar refractivity (Wildman–Crippen MR) is 94.0 cm³/mol. The van der Waals surface area contributed by atoms with E-state index >= 15 is 0 Å². The molecule has 2 heterocycles. The maximum Gasteiger partial charge on any atom is 0.317 e. The van der Waals surface area contributed by atoms with Crippen molar-refractivity contribution in [2.24, 2.45) is 17.6 Å². The quantitative estimate of drug-likeness (QED) is 0.486. The van der Waals surface area contributed by atoms with E-state index in [1.54, 1.807) is 4.90 Å². The third-order valence-electron chi connectivity index (χ3n) is 5.68. The molecule has 2 rings (SSSR count). The van der Waals surface area contributed by atoms with E-state index in [0.717, 1.165) is 32.4 Å². The lowest BCUT2D eigenvalue weighted by atomic mass is 9.81. The van der Waals surface area contributed by atoms with Gasteiger partial charge in [0.1, 0.15) is 0 Å². The summed E-state index contributed by atoms with van der Waals surface area (Å²) in [6.07, 6.45) is 3.28. The molecular formula is C18H32N4O4. The van der Waals surface area contributed by atoms with E-state index in [9.17, 15) is 19.5 Å². The number of carbonyl (C=O) groups excluding carboxylic acids is 3. The molecule has 0 aromatic heterocycles. The number of carboxylic acid groups (broad SMARTS) is 1. The van der Waals surface area contributed by atoms with E-state index in [1.807, 2.05) is 13.8 Å². The number of carbonyl (C=O) groups is 3. The molecule has 2 aliphatic rings. The molecule has 0 saturated carbocycles. The molecule has 3 amide bonds. The van der Waals surface area contributed by atoms with Crippen LogP contribution in [0, 0.1) is 11.8 Å². The Kier molecular flexibility index (Phi) is 7.25. The van der Waals surface area contributed by atoms with Gasteiger partial charge in [-0.2, -0.15) is 0 Å². The Morgan fingerprint density at radius 3 is 2.62 bits per heavy atom. The average Bonchev–Trinajstić information content (AvgIpc) is 3.01. The lowest BCUT2D eigenvalue weighted by Gasteiger charge is -2.39. The van der Waals surface area contributed by atoms with Gasteiger partial charge in [-0.3, -0.25) is 4.79 Å². The van der Waals surface area contributed by atoms with Crippen LogP contribution in [-0.4, -0.2) is 61.1 Å². The smallest absolute Gasteiger partial charge is 0.317 e. The highest BCUT2D eigenvalue weighted by atomic mass is 16.4. The number of likely N-dealkylation sites (tertiary alicyclic amines) is 2. The summed E-state index contributed by atoms with van der Waals surface area (Å²) in [5, 5.41) is 14.0. The minimum absolute atomic E-state index is 0.0112. The van der Waals surface area contributed by atoms with E-state index in [4.69, 9.17) is 5.73 Å². The third-order valence-corrected chi connectivity index (χ3v) is 5.68. The highest BCUT2D eigenvalue weighted by molar-refractivity contribution is 5.78. The number of urea groups is 1. The normalized spacial score (nSPS) is 29.0. The minimum Gasteiger partial charge on any atom is -0.550 e. The van der Waals surface area contributed by atoms with Crippen LogP contribution in [-0.2, 0) is 9.59 Å². The van der Waals surface area contributed by atoms with Crippen molar-refractivity contribution in [3.05, 3.63) is 0 Å². The summed E-state index contributed by atoms with van der Waals surface area (Å²) in [7, 11) is 0. The predicted octanol–water partition coefficient (Wildman–Crippen LogP) is -1.89. The first-order chi connectivity index (χ1) is 12.3. The first-order valence-corrected chi connectivity index (χ1v) is 9.67. The van der Waals surface area contributed by atoms with Crippen LogP contribution < -0.4 is 21.1 Å². The number of primary amides is 1. The van der Waals surface area contributed by atoms with Crippen LogP contribution in [0.15, 0.2) is 0 Å². The molecule has 26 heavy (non-hydrogen) atoms. The third kappa shape index (κ3) is 5.59. The number of rotatable bonds is 7. The van der Waals surface area contributed by atoms with Gasteiger partial charge in [0.05, 0.1) is 13.1 Å². The first-order valence-electron chi connectivity index (χ1n) is 9.67. The number of hydrogen-bond acceptors (Lipinski definition) is 4. The Hall–Kier alpha value is -1.83. The SMILES string of the molecule is CC(C)NC(=O)N1CC[C@@H](CC(=O)[O-])[C@@H](CC[NH+]2CCC[C@H]2C(N)=O)C1. The van der Waals surface area contributed by atoms with Crippen LogP contribution in [0.1, 0.15) is 46.0 Å². The Bertz CT molecular complexity index is 525. The van der Waals surface area contributed by atoms with Crippen molar-refractivity contribution in [2.45, 2.75) is 58.0 Å². The number of piperidine rings is 1. The maximum absolute atomic E-state index is 12.3. The Morgan fingerprint density at radius 2 is 2.00 bits per heavy atom. The van der Waals surface area contributed by atoms with Crippen LogP contribution in [0.25, 0.3) is 0 Å². The summed E-state index contributed by atoms with van der Waals surface area (Å²) in [6, 6.07) is -0.175. The first kappa shape index (κ1) is 20.5. The zero-order valence-corrected chi connectivity index (χ0v) is 15.8. The summed E-state index contributed by atoms with van der Waals surface area (Å²) in [5.41, 5.74) is 5.49. The molecule has 0 spiro atoms. The van der Waals surface area contributed by atoms with Crippen LogP contribution in [0.3, 0.4) is 0 Å². The van der Waals surface area contributed by atoms with E-state index in [-0.39, 0.29) is 42.3 Å². The van der Waals surface area contributed by atoms with Crippen molar-refractivity contribution in [1.82, 2.24) is 10.2 Å². The molecule has 1 unspecified atom stereocenters. The van der Waals surface area contributed by atoms with Crippen molar-refractivity contribution >= 4 is 17.9 Å². The van der Waals surface area contributed by atoms with Crippen LogP contribution >= 0.6 is 0 Å². The number of amides is 3. The lowest BCUT2D eigenvalue weighted by molar-refractivity contribution is -0.903. The standard InChI is InChI=1S/C18H32N4O4/c1-12(2)20-18(26)22-9-5-13(10-16(23)24)14(11-22)6-8-21-7-3-4-15(21)17(19)25/h12-15H,3-11H2,1-2H3,(H2,19,25)(H,20,26)(H,23,24)/t13-,14-,15-/m0/s1. The number of nitrogens with one attached hydrogen (secondary N) is 2. The average molecular weight is 368 g/mol. The Morgan fingerprint density at radius 1 is 1.27 bits per heavy atom. The molecule has 4 atom stereocenters. The number of carboxylic acids is 1. The second-order valence-corrected chi connectivity index (χ2v) is 7.98. The molecule has 8 heteroatoms. The Balaban J connectivity index is 1.97. The fourth-order valence-electron chi connectivity index (χ4n) is 4.34. The van der Waals surface area contributed by atoms with Crippen molar-refractivity contribution in [3.8, 4) is 0 Å². The van der Waals surface area contributed by atoms with Crippen molar-refractivity contribution in [2.75, 3.05) is 26.2 Å². The molecular weight excluding hydrogens is 336 g/mol. The van der Waals surface area contributed by atoms with Gasteiger partial charge in [0.2, 0.25) is 0 Å². The second kappa shape index (κ2) is 9.21. The molecule has 2 fully saturated rings. The number of nitrogens with two attached hydrogens (primary N) is 1. The lowest BCUT2D eigenvalue weighted by Crippen LogP contribution is -3.15. The zero-order chi connectivity index (χ0) is 19.3. The highest BCUT2D eigenvalue weighted by Crippen LogP contribution is 2.28. The minimum atomic E-state index is -1.04. The summed E-state index contributed by atoms with van der Waals surface area (Å²) in [6.45, 7) is 6.64. The number of hydrogen-bond donors (Lipinski definition) is 3. The monoisotopic (exact) mass is 368 g/mol. The topological polar surface area (TPSA) is 120 Å².